The van der Waals surface area contributed by atoms with E-state index >= 15 is 0 Å². The number of guanidine groups is 1. The number of carbonyl (C=O) groups is 1. The summed E-state index contributed by atoms with van der Waals surface area (Å²) >= 11 is 0. The maximum absolute atomic E-state index is 11.7. The van der Waals surface area contributed by atoms with Crippen molar-refractivity contribution in [2.45, 2.75) is 26.2 Å². The minimum atomic E-state index is 0.0841. The van der Waals surface area contributed by atoms with Crippen LogP contribution in [0.1, 0.15) is 26.2 Å². The molecule has 7 nitrogen and oxygen atoms in total. The molecule has 3 rings (SSSR count). The smallest absolute Gasteiger partial charge is 0.220 e. The summed E-state index contributed by atoms with van der Waals surface area (Å²) < 4.78 is 0. The van der Waals surface area contributed by atoms with Crippen LogP contribution in [0.2, 0.25) is 0 Å². The molecule has 1 unspecified atom stereocenters. The molecule has 0 radical (unpaired) electrons. The lowest BCUT2D eigenvalue weighted by Gasteiger charge is -2.40. The van der Waals surface area contributed by atoms with Crippen LogP contribution in [0.25, 0.3) is 0 Å². The number of hydrogen-bond donors (Lipinski definition) is 3. The van der Waals surface area contributed by atoms with E-state index in [0.717, 1.165) is 57.2 Å². The number of aliphatic imine (C=N–C) groups is 1. The second kappa shape index (κ2) is 8.18. The van der Waals surface area contributed by atoms with Crippen LogP contribution in [0, 0.1) is 5.41 Å². The Bertz CT molecular complexity index is 605. The monoisotopic (exact) mass is 344 g/mol. The fraction of sp³-hybridized carbons (Fsp3) is 0.611. The summed E-state index contributed by atoms with van der Waals surface area (Å²) in [7, 11) is 0. The molecule has 2 aliphatic heterocycles. The number of nitrogens with zero attached hydrogens (tertiary/aromatic N) is 3. The van der Waals surface area contributed by atoms with E-state index in [-0.39, 0.29) is 11.3 Å². The standard InChI is InChI=1S/C18H28N6O/c1-2-20-17(22-10-9-21-15-4-7-19-8-5-15)24-11-3-6-18(14-24)12-16(25)23-13-18/h4-5,7-8H,2-3,6,9-14H2,1H3,(H,19,21)(H,20,22)(H,23,25). The molecule has 3 heterocycles. The molecule has 136 valence electrons. The van der Waals surface area contributed by atoms with Gasteiger partial charge in [-0.05, 0) is 31.9 Å². The second-order valence-electron chi connectivity index (χ2n) is 6.88. The van der Waals surface area contributed by atoms with Crippen LogP contribution in [0.4, 0.5) is 5.69 Å². The van der Waals surface area contributed by atoms with Gasteiger partial charge in [-0.3, -0.25) is 14.8 Å². The van der Waals surface area contributed by atoms with E-state index in [9.17, 15) is 4.79 Å². The van der Waals surface area contributed by atoms with Crippen LogP contribution in [0.3, 0.4) is 0 Å². The molecule has 1 aromatic heterocycles. The predicted molar refractivity (Wildman–Crippen MR) is 99.6 cm³/mol. The SMILES string of the molecule is CCNC(=NCCNc1ccncc1)N1CCCC2(CNC(=O)C2)C1. The first-order valence-electron chi connectivity index (χ1n) is 9.15. The molecule has 1 aromatic rings. The molecule has 25 heavy (non-hydrogen) atoms. The number of aromatic nitrogens is 1. The van der Waals surface area contributed by atoms with E-state index in [4.69, 9.17) is 4.99 Å². The quantitative estimate of drug-likeness (QED) is 0.423. The third-order valence-corrected chi connectivity index (χ3v) is 4.87. The first kappa shape index (κ1) is 17.5. The predicted octanol–water partition coefficient (Wildman–Crippen LogP) is 1.06. The van der Waals surface area contributed by atoms with Gasteiger partial charge in [-0.1, -0.05) is 0 Å². The highest BCUT2D eigenvalue weighted by atomic mass is 16.1. The van der Waals surface area contributed by atoms with Gasteiger partial charge in [-0.25, -0.2) is 0 Å². The minimum absolute atomic E-state index is 0.0841. The molecule has 0 bridgehead atoms. The lowest BCUT2D eigenvalue weighted by atomic mass is 9.79. The lowest BCUT2D eigenvalue weighted by molar-refractivity contribution is -0.119. The summed E-state index contributed by atoms with van der Waals surface area (Å²) in [5.41, 5.74) is 1.14. The van der Waals surface area contributed by atoms with Crippen molar-refractivity contribution >= 4 is 17.6 Å². The zero-order valence-corrected chi connectivity index (χ0v) is 14.9. The lowest BCUT2D eigenvalue weighted by Crippen LogP contribution is -2.51. The van der Waals surface area contributed by atoms with E-state index in [1.165, 1.54) is 0 Å². The van der Waals surface area contributed by atoms with E-state index in [0.29, 0.717) is 13.0 Å². The van der Waals surface area contributed by atoms with Crippen molar-refractivity contribution in [1.29, 1.82) is 0 Å². The van der Waals surface area contributed by atoms with Crippen molar-refractivity contribution in [3.05, 3.63) is 24.5 Å². The molecule has 1 atom stereocenters. The molecule has 0 aromatic carbocycles. The van der Waals surface area contributed by atoms with Gasteiger partial charge in [0.2, 0.25) is 5.91 Å². The second-order valence-corrected chi connectivity index (χ2v) is 6.88. The Morgan fingerprint density at radius 2 is 2.28 bits per heavy atom. The summed E-state index contributed by atoms with van der Waals surface area (Å²) in [6.07, 6.45) is 6.42. The Labute approximate surface area is 149 Å². The molecule has 2 fully saturated rings. The Kier molecular flexibility index (Phi) is 5.73. The third kappa shape index (κ3) is 4.61. The van der Waals surface area contributed by atoms with Crippen LogP contribution in [-0.4, -0.2) is 61.0 Å². The third-order valence-electron chi connectivity index (χ3n) is 4.87. The number of likely N-dealkylation sites (tertiary alicyclic amines) is 1. The van der Waals surface area contributed by atoms with Crippen molar-refractivity contribution in [2.75, 3.05) is 44.6 Å². The number of carbonyl (C=O) groups excluding carboxylic acids is 1. The molecule has 1 spiro atoms. The Morgan fingerprint density at radius 3 is 3.00 bits per heavy atom. The van der Waals surface area contributed by atoms with Crippen molar-refractivity contribution < 1.29 is 4.79 Å². The van der Waals surface area contributed by atoms with E-state index in [1.54, 1.807) is 12.4 Å². The zero-order valence-electron chi connectivity index (χ0n) is 14.9. The van der Waals surface area contributed by atoms with Gasteiger partial charge >= 0.3 is 0 Å². The van der Waals surface area contributed by atoms with Gasteiger partial charge in [-0.2, -0.15) is 0 Å². The number of rotatable bonds is 5. The number of piperidine rings is 1. The van der Waals surface area contributed by atoms with E-state index < -0.39 is 0 Å². The maximum Gasteiger partial charge on any atom is 0.220 e. The highest BCUT2D eigenvalue weighted by Crippen LogP contribution is 2.35. The summed E-state index contributed by atoms with van der Waals surface area (Å²) in [6.45, 7) is 7.10. The normalized spacial score (nSPS) is 23.6. The number of amides is 1. The highest BCUT2D eigenvalue weighted by Gasteiger charge is 2.42. The van der Waals surface area contributed by atoms with Crippen LogP contribution in [0.15, 0.2) is 29.5 Å². The van der Waals surface area contributed by atoms with Gasteiger partial charge in [-0.15, -0.1) is 0 Å². The van der Waals surface area contributed by atoms with Gasteiger partial charge in [0.1, 0.15) is 0 Å². The van der Waals surface area contributed by atoms with Crippen LogP contribution in [-0.2, 0) is 4.79 Å². The first-order valence-corrected chi connectivity index (χ1v) is 9.15. The van der Waals surface area contributed by atoms with Crippen LogP contribution < -0.4 is 16.0 Å². The van der Waals surface area contributed by atoms with Crippen LogP contribution >= 0.6 is 0 Å². The number of hydrogen-bond acceptors (Lipinski definition) is 4. The summed E-state index contributed by atoms with van der Waals surface area (Å²) in [6, 6.07) is 3.90. The zero-order chi connectivity index (χ0) is 17.5. The molecule has 0 aliphatic carbocycles. The van der Waals surface area contributed by atoms with Gasteiger partial charge in [0, 0.05) is 62.6 Å². The van der Waals surface area contributed by atoms with Crippen molar-refractivity contribution in [2.24, 2.45) is 10.4 Å². The summed E-state index contributed by atoms with van der Waals surface area (Å²) in [5.74, 6) is 1.14. The first-order chi connectivity index (χ1) is 12.2. The molecular weight excluding hydrogens is 316 g/mol. The van der Waals surface area contributed by atoms with Crippen molar-refractivity contribution in [3.8, 4) is 0 Å². The van der Waals surface area contributed by atoms with Crippen molar-refractivity contribution in [1.82, 2.24) is 20.5 Å². The molecule has 2 saturated heterocycles. The number of pyridine rings is 1. The molecular formula is C18H28N6O. The molecule has 3 N–H and O–H groups in total. The number of anilines is 1. The Hall–Kier alpha value is -2.31. The van der Waals surface area contributed by atoms with Gasteiger partial charge in [0.15, 0.2) is 5.96 Å². The largest absolute Gasteiger partial charge is 0.383 e. The topological polar surface area (TPSA) is 81.7 Å². The van der Waals surface area contributed by atoms with Crippen molar-refractivity contribution in [3.63, 3.8) is 0 Å². The fourth-order valence-corrected chi connectivity index (χ4v) is 3.69. The molecule has 2 aliphatic rings. The van der Waals surface area contributed by atoms with Gasteiger partial charge < -0.3 is 20.9 Å². The average molecular weight is 344 g/mol. The summed E-state index contributed by atoms with van der Waals surface area (Å²) in [5, 5.41) is 9.75. The molecule has 1 amide bonds. The Morgan fingerprint density at radius 1 is 1.44 bits per heavy atom. The highest BCUT2D eigenvalue weighted by molar-refractivity contribution is 5.81. The fourth-order valence-electron chi connectivity index (χ4n) is 3.69. The Balaban J connectivity index is 1.56. The summed E-state index contributed by atoms with van der Waals surface area (Å²) in [4.78, 5) is 22.8. The van der Waals surface area contributed by atoms with Gasteiger partial charge in [0.25, 0.3) is 0 Å². The van der Waals surface area contributed by atoms with E-state index in [1.807, 2.05) is 12.1 Å². The molecule has 7 heteroatoms. The van der Waals surface area contributed by atoms with Gasteiger partial charge in [0.05, 0.1) is 6.54 Å². The minimum Gasteiger partial charge on any atom is -0.383 e. The van der Waals surface area contributed by atoms with Crippen LogP contribution in [0.5, 0.6) is 0 Å². The maximum atomic E-state index is 11.7. The number of nitrogens with one attached hydrogen (secondary N) is 3. The molecule has 0 saturated carbocycles. The average Bonchev–Trinajstić information content (AvgIpc) is 2.98. The van der Waals surface area contributed by atoms with E-state index in [2.05, 4.69) is 32.8 Å².